The van der Waals surface area contributed by atoms with Crippen LogP contribution >= 0.6 is 0 Å². The fourth-order valence-corrected chi connectivity index (χ4v) is 3.58. The zero-order chi connectivity index (χ0) is 19.6. The summed E-state index contributed by atoms with van der Waals surface area (Å²) in [4.78, 5) is 10.5. The average molecular weight is 369 g/mol. The minimum atomic E-state index is -0.889. The summed E-state index contributed by atoms with van der Waals surface area (Å²) in [5, 5.41) is 39.6. The highest BCUT2D eigenvalue weighted by atomic mass is 16.4. The van der Waals surface area contributed by atoms with E-state index in [1.54, 1.807) is 13.0 Å². The van der Waals surface area contributed by atoms with Gasteiger partial charge in [-0.3, -0.25) is 4.79 Å². The predicted molar refractivity (Wildman–Crippen MR) is 103 cm³/mol. The molecule has 0 bridgehead atoms. The molecule has 5 nitrogen and oxygen atoms in total. The molecule has 150 valence electrons. The molecule has 2 unspecified atom stereocenters. The Bertz CT molecular complexity index is 469. The fourth-order valence-electron chi connectivity index (χ4n) is 3.58. The number of unbranched alkanes of at least 4 members (excludes halogenated alkanes) is 3. The van der Waals surface area contributed by atoms with Crippen LogP contribution in [0.15, 0.2) is 24.3 Å². The summed E-state index contributed by atoms with van der Waals surface area (Å²) in [6, 6.07) is 0. The van der Waals surface area contributed by atoms with Crippen molar-refractivity contribution in [3.63, 3.8) is 0 Å². The molecule has 0 heterocycles. The number of aliphatic carboxylic acids is 1. The van der Waals surface area contributed by atoms with E-state index in [1.807, 2.05) is 18.2 Å². The molecule has 0 aromatic carbocycles. The summed E-state index contributed by atoms with van der Waals surface area (Å²) in [6.07, 6.45) is 12.7. The summed E-state index contributed by atoms with van der Waals surface area (Å²) >= 11 is 0. The Balaban J connectivity index is 2.56. The highest BCUT2D eigenvalue weighted by Gasteiger charge is 2.39. The molecule has 5 atom stereocenters. The first-order valence-electron chi connectivity index (χ1n) is 9.91. The number of carboxylic acids is 1. The first kappa shape index (κ1) is 22.9. The van der Waals surface area contributed by atoms with E-state index in [9.17, 15) is 20.1 Å². The van der Waals surface area contributed by atoms with Crippen molar-refractivity contribution >= 4 is 5.97 Å². The third-order valence-electron chi connectivity index (χ3n) is 5.22. The van der Waals surface area contributed by atoms with E-state index in [4.69, 9.17) is 5.11 Å². The molecule has 1 saturated carbocycles. The Kier molecular flexibility index (Phi) is 10.1. The largest absolute Gasteiger partial charge is 0.481 e. The van der Waals surface area contributed by atoms with Crippen LogP contribution in [0.1, 0.15) is 71.6 Å². The van der Waals surface area contributed by atoms with Gasteiger partial charge in [0.25, 0.3) is 0 Å². The highest BCUT2D eigenvalue weighted by Crippen LogP contribution is 2.37. The summed E-state index contributed by atoms with van der Waals surface area (Å²) in [5.74, 6) is -1.04. The van der Waals surface area contributed by atoms with Crippen molar-refractivity contribution in [2.24, 2.45) is 11.8 Å². The summed E-state index contributed by atoms with van der Waals surface area (Å²) in [7, 11) is 0. The van der Waals surface area contributed by atoms with Crippen LogP contribution in [0.4, 0.5) is 0 Å². The number of rotatable bonds is 12. The van der Waals surface area contributed by atoms with Crippen LogP contribution in [-0.4, -0.2) is 44.2 Å². The van der Waals surface area contributed by atoms with Gasteiger partial charge in [0.05, 0.1) is 17.8 Å². The maximum Gasteiger partial charge on any atom is 0.303 e. The summed E-state index contributed by atoms with van der Waals surface area (Å²) < 4.78 is 0. The van der Waals surface area contributed by atoms with Gasteiger partial charge in [0.1, 0.15) is 0 Å². The monoisotopic (exact) mass is 368 g/mol. The van der Waals surface area contributed by atoms with Gasteiger partial charge in [-0.25, -0.2) is 0 Å². The number of aliphatic hydroxyl groups excluding tert-OH is 2. The van der Waals surface area contributed by atoms with Crippen molar-refractivity contribution in [3.8, 4) is 0 Å². The molecule has 5 heteroatoms. The maximum absolute atomic E-state index is 10.5. The van der Waals surface area contributed by atoms with Crippen LogP contribution in [0.3, 0.4) is 0 Å². The SMILES string of the molecule is CCCCCC(C)(O)C=C[C@@H]1C(CC=CCCCC(=O)O)[C@@H](O)C[C@H]1O. The van der Waals surface area contributed by atoms with E-state index in [0.29, 0.717) is 32.1 Å². The molecule has 0 radical (unpaired) electrons. The second-order valence-corrected chi connectivity index (χ2v) is 7.78. The molecule has 0 aromatic rings. The van der Waals surface area contributed by atoms with Crippen molar-refractivity contribution in [3.05, 3.63) is 24.3 Å². The highest BCUT2D eigenvalue weighted by molar-refractivity contribution is 5.66. The molecule has 0 aliphatic heterocycles. The number of aliphatic hydroxyl groups is 3. The lowest BCUT2D eigenvalue weighted by atomic mass is 9.88. The third-order valence-corrected chi connectivity index (χ3v) is 5.22. The number of hydrogen-bond donors (Lipinski definition) is 4. The van der Waals surface area contributed by atoms with Crippen molar-refractivity contribution in [1.82, 2.24) is 0 Å². The first-order valence-corrected chi connectivity index (χ1v) is 9.91. The zero-order valence-corrected chi connectivity index (χ0v) is 16.2. The van der Waals surface area contributed by atoms with Gasteiger partial charge in [-0.05, 0) is 38.5 Å². The fraction of sp³-hybridized carbons (Fsp3) is 0.762. The van der Waals surface area contributed by atoms with E-state index >= 15 is 0 Å². The molecule has 1 fully saturated rings. The standard InChI is InChI=1S/C21H36O5/c1-3-4-9-13-21(2,26)14-12-17-16(18(22)15-19(17)23)10-7-5-6-8-11-20(24)25/h5,7,12,14,16-19,22-23,26H,3-4,6,8-11,13,15H2,1-2H3,(H,24,25)/t16?,17-,18+,19-,21?/m1/s1. The van der Waals surface area contributed by atoms with Gasteiger partial charge < -0.3 is 20.4 Å². The Morgan fingerprint density at radius 3 is 2.54 bits per heavy atom. The topological polar surface area (TPSA) is 98.0 Å². The number of carboxylic acid groups (broad SMARTS) is 1. The summed E-state index contributed by atoms with van der Waals surface area (Å²) in [6.45, 7) is 3.91. The van der Waals surface area contributed by atoms with E-state index in [0.717, 1.165) is 19.3 Å². The van der Waals surface area contributed by atoms with Crippen molar-refractivity contribution in [1.29, 1.82) is 0 Å². The number of allylic oxidation sites excluding steroid dienone is 2. The van der Waals surface area contributed by atoms with Gasteiger partial charge in [-0.1, -0.05) is 50.5 Å². The molecule has 0 amide bonds. The van der Waals surface area contributed by atoms with Crippen LogP contribution < -0.4 is 0 Å². The smallest absolute Gasteiger partial charge is 0.303 e. The van der Waals surface area contributed by atoms with Gasteiger partial charge in [0, 0.05) is 18.8 Å². The van der Waals surface area contributed by atoms with E-state index in [-0.39, 0.29) is 18.3 Å². The van der Waals surface area contributed by atoms with Crippen molar-refractivity contribution in [2.45, 2.75) is 89.4 Å². The maximum atomic E-state index is 10.5. The lowest BCUT2D eigenvalue weighted by Crippen LogP contribution is -2.24. The normalized spacial score (nSPS) is 28.8. The molecule has 0 spiro atoms. The minimum Gasteiger partial charge on any atom is -0.481 e. The molecular weight excluding hydrogens is 332 g/mol. The molecule has 0 saturated heterocycles. The summed E-state index contributed by atoms with van der Waals surface area (Å²) in [5.41, 5.74) is -0.889. The minimum absolute atomic E-state index is 0.0802. The molecule has 26 heavy (non-hydrogen) atoms. The third kappa shape index (κ3) is 8.47. The zero-order valence-electron chi connectivity index (χ0n) is 16.2. The van der Waals surface area contributed by atoms with Crippen LogP contribution in [0.5, 0.6) is 0 Å². The molecule has 1 aliphatic carbocycles. The van der Waals surface area contributed by atoms with Gasteiger partial charge >= 0.3 is 5.97 Å². The van der Waals surface area contributed by atoms with Crippen LogP contribution in [-0.2, 0) is 4.79 Å². The average Bonchev–Trinajstić information content (AvgIpc) is 2.82. The van der Waals surface area contributed by atoms with Crippen LogP contribution in [0.2, 0.25) is 0 Å². The second kappa shape index (κ2) is 11.5. The lowest BCUT2D eigenvalue weighted by molar-refractivity contribution is -0.137. The second-order valence-electron chi connectivity index (χ2n) is 7.78. The Morgan fingerprint density at radius 1 is 1.15 bits per heavy atom. The lowest BCUT2D eigenvalue weighted by Gasteiger charge is -2.23. The van der Waals surface area contributed by atoms with Gasteiger partial charge in [-0.2, -0.15) is 0 Å². The Morgan fingerprint density at radius 2 is 1.88 bits per heavy atom. The predicted octanol–water partition coefficient (Wildman–Crippen LogP) is 3.43. The molecule has 1 rings (SSSR count). The van der Waals surface area contributed by atoms with Gasteiger partial charge in [-0.15, -0.1) is 0 Å². The molecule has 1 aliphatic rings. The first-order chi connectivity index (χ1) is 12.3. The van der Waals surface area contributed by atoms with Crippen LogP contribution in [0, 0.1) is 11.8 Å². The molecular formula is C21H36O5. The molecule has 4 N–H and O–H groups in total. The number of hydrogen-bond acceptors (Lipinski definition) is 4. The van der Waals surface area contributed by atoms with Crippen molar-refractivity contribution in [2.75, 3.05) is 0 Å². The quantitative estimate of drug-likeness (QED) is 0.312. The van der Waals surface area contributed by atoms with Crippen LogP contribution in [0.25, 0.3) is 0 Å². The van der Waals surface area contributed by atoms with Gasteiger partial charge in [0.2, 0.25) is 0 Å². The Labute approximate surface area is 157 Å². The van der Waals surface area contributed by atoms with Gasteiger partial charge in [0.15, 0.2) is 0 Å². The van der Waals surface area contributed by atoms with E-state index in [1.165, 1.54) is 0 Å². The van der Waals surface area contributed by atoms with E-state index < -0.39 is 23.8 Å². The van der Waals surface area contributed by atoms with E-state index in [2.05, 4.69) is 6.92 Å². The Hall–Kier alpha value is -1.17. The molecule has 0 aromatic heterocycles. The number of carbonyl (C=O) groups is 1. The van der Waals surface area contributed by atoms with Crippen molar-refractivity contribution < 1.29 is 25.2 Å².